The molecule has 5 nitrogen and oxygen atoms in total. The predicted molar refractivity (Wildman–Crippen MR) is 81.5 cm³/mol. The quantitative estimate of drug-likeness (QED) is 0.893. The van der Waals surface area contributed by atoms with Crippen LogP contribution in [0.4, 0.5) is 5.69 Å². The third-order valence-corrected chi connectivity index (χ3v) is 3.29. The third kappa shape index (κ3) is 3.33. The summed E-state index contributed by atoms with van der Waals surface area (Å²) in [5.74, 6) is -0.240. The highest BCUT2D eigenvalue weighted by Crippen LogP contribution is 2.26. The molecule has 0 radical (unpaired) electrons. The number of halogens is 1. The average Bonchev–Trinajstić information content (AvgIpc) is 2.48. The van der Waals surface area contributed by atoms with Gasteiger partial charge in [-0.25, -0.2) is 0 Å². The zero-order chi connectivity index (χ0) is 15.4. The number of hydrogen-bond donors (Lipinski definition) is 2. The number of nitriles is 1. The Labute approximate surface area is 129 Å². The zero-order valence-corrected chi connectivity index (χ0v) is 12.6. The van der Waals surface area contributed by atoms with Crippen LogP contribution in [0.5, 0.6) is 11.5 Å². The molecule has 2 N–H and O–H groups in total. The molecule has 0 saturated heterocycles. The summed E-state index contributed by atoms with van der Waals surface area (Å²) < 4.78 is 5.75. The number of carbonyl (C=O) groups is 1. The van der Waals surface area contributed by atoms with E-state index in [0.29, 0.717) is 17.0 Å². The van der Waals surface area contributed by atoms with Crippen LogP contribution < -0.4 is 10.1 Å². The number of phenols is 1. The summed E-state index contributed by atoms with van der Waals surface area (Å²) in [5.41, 5.74) is 0.756. The molecular formula is C15H11BrN2O3. The molecule has 0 aliphatic rings. The van der Waals surface area contributed by atoms with E-state index in [0.717, 1.165) is 4.47 Å². The van der Waals surface area contributed by atoms with Crippen molar-refractivity contribution in [2.45, 2.75) is 0 Å². The number of benzene rings is 2. The number of phenolic OH excluding ortho intramolecular Hbond substituents is 1. The molecule has 2 rings (SSSR count). The second-order valence-electron chi connectivity index (χ2n) is 4.14. The lowest BCUT2D eigenvalue weighted by Gasteiger charge is -2.10. The van der Waals surface area contributed by atoms with Gasteiger partial charge >= 0.3 is 0 Å². The molecule has 0 atom stereocenters. The van der Waals surface area contributed by atoms with Crippen molar-refractivity contribution < 1.29 is 14.6 Å². The Morgan fingerprint density at radius 3 is 2.76 bits per heavy atom. The molecule has 1 amide bonds. The summed E-state index contributed by atoms with van der Waals surface area (Å²) in [5, 5.41) is 21.4. The number of nitrogens with one attached hydrogen (secondary N) is 1. The van der Waals surface area contributed by atoms with E-state index in [1.54, 1.807) is 24.3 Å². The monoisotopic (exact) mass is 346 g/mol. The van der Waals surface area contributed by atoms with Gasteiger partial charge in [0.25, 0.3) is 5.91 Å². The first-order valence-corrected chi connectivity index (χ1v) is 6.72. The van der Waals surface area contributed by atoms with Crippen molar-refractivity contribution in [1.82, 2.24) is 0 Å². The Kier molecular flexibility index (Phi) is 4.45. The van der Waals surface area contributed by atoms with Crippen LogP contribution in [-0.2, 0) is 0 Å². The maximum atomic E-state index is 12.2. The minimum Gasteiger partial charge on any atom is -0.507 e. The molecule has 0 spiro atoms. The standard InChI is InChI=1S/C15H11BrN2O3/c1-21-11-4-5-14(19)12(7-11)15(20)18-13-6-10(16)3-2-9(13)8-17/h2-7,19H,1H3,(H,18,20). The fourth-order valence-electron chi connectivity index (χ4n) is 1.73. The summed E-state index contributed by atoms with van der Waals surface area (Å²) >= 11 is 3.28. The van der Waals surface area contributed by atoms with Gasteiger partial charge in [-0.2, -0.15) is 5.26 Å². The van der Waals surface area contributed by atoms with Gasteiger partial charge in [-0.3, -0.25) is 4.79 Å². The molecule has 106 valence electrons. The van der Waals surface area contributed by atoms with Crippen LogP contribution in [0, 0.1) is 11.3 Å². The van der Waals surface area contributed by atoms with E-state index in [9.17, 15) is 9.90 Å². The molecule has 0 aromatic heterocycles. The van der Waals surface area contributed by atoms with E-state index in [2.05, 4.69) is 21.2 Å². The van der Waals surface area contributed by atoms with Gasteiger partial charge in [0.05, 0.1) is 23.9 Å². The summed E-state index contributed by atoms with van der Waals surface area (Å²) in [6.07, 6.45) is 0. The van der Waals surface area contributed by atoms with E-state index in [-0.39, 0.29) is 11.3 Å². The predicted octanol–water partition coefficient (Wildman–Crippen LogP) is 3.29. The van der Waals surface area contributed by atoms with Gasteiger partial charge in [-0.05, 0) is 36.4 Å². The second kappa shape index (κ2) is 6.29. The normalized spacial score (nSPS) is 9.76. The number of methoxy groups -OCH3 is 1. The zero-order valence-electron chi connectivity index (χ0n) is 11.1. The third-order valence-electron chi connectivity index (χ3n) is 2.80. The molecule has 0 heterocycles. The Bertz CT molecular complexity index is 738. The maximum absolute atomic E-state index is 12.2. The van der Waals surface area contributed by atoms with E-state index in [1.165, 1.54) is 19.2 Å². The van der Waals surface area contributed by atoms with Crippen LogP contribution in [0.2, 0.25) is 0 Å². The molecule has 2 aromatic carbocycles. The van der Waals surface area contributed by atoms with Crippen LogP contribution in [0.1, 0.15) is 15.9 Å². The van der Waals surface area contributed by atoms with E-state index in [1.807, 2.05) is 6.07 Å². The average molecular weight is 347 g/mol. The SMILES string of the molecule is COc1ccc(O)c(C(=O)Nc2cc(Br)ccc2C#N)c1. The van der Waals surface area contributed by atoms with Gasteiger partial charge in [-0.1, -0.05) is 15.9 Å². The van der Waals surface area contributed by atoms with Crippen molar-refractivity contribution in [3.63, 3.8) is 0 Å². The first-order valence-electron chi connectivity index (χ1n) is 5.93. The minimum absolute atomic E-state index is 0.0678. The summed E-state index contributed by atoms with van der Waals surface area (Å²) in [4.78, 5) is 12.2. The molecule has 0 saturated carbocycles. The molecule has 2 aromatic rings. The number of carbonyl (C=O) groups excluding carboxylic acids is 1. The van der Waals surface area contributed by atoms with E-state index in [4.69, 9.17) is 10.00 Å². The van der Waals surface area contributed by atoms with E-state index < -0.39 is 5.91 Å². The van der Waals surface area contributed by atoms with Gasteiger partial charge in [0.1, 0.15) is 17.6 Å². The topological polar surface area (TPSA) is 82.3 Å². The van der Waals surface area contributed by atoms with Crippen LogP contribution in [0.25, 0.3) is 0 Å². The lowest BCUT2D eigenvalue weighted by molar-refractivity contribution is 0.102. The fourth-order valence-corrected chi connectivity index (χ4v) is 2.09. The smallest absolute Gasteiger partial charge is 0.259 e. The molecule has 0 fully saturated rings. The number of anilines is 1. The van der Waals surface area contributed by atoms with Crippen molar-refractivity contribution in [3.05, 3.63) is 52.0 Å². The number of amides is 1. The van der Waals surface area contributed by atoms with Gasteiger partial charge in [0.15, 0.2) is 0 Å². The Morgan fingerprint density at radius 2 is 2.10 bits per heavy atom. The highest BCUT2D eigenvalue weighted by molar-refractivity contribution is 9.10. The second-order valence-corrected chi connectivity index (χ2v) is 5.05. The summed E-state index contributed by atoms with van der Waals surface area (Å²) in [6, 6.07) is 11.3. The molecule has 0 bridgehead atoms. The summed E-state index contributed by atoms with van der Waals surface area (Å²) in [6.45, 7) is 0. The first kappa shape index (κ1) is 14.9. The lowest BCUT2D eigenvalue weighted by Crippen LogP contribution is -2.13. The Hall–Kier alpha value is -2.52. The molecule has 0 aliphatic heterocycles. The van der Waals surface area contributed by atoms with Crippen LogP contribution in [0.15, 0.2) is 40.9 Å². The number of nitrogens with zero attached hydrogens (tertiary/aromatic N) is 1. The van der Waals surface area contributed by atoms with Crippen molar-refractivity contribution in [3.8, 4) is 17.6 Å². The van der Waals surface area contributed by atoms with Crippen LogP contribution in [-0.4, -0.2) is 18.1 Å². The lowest BCUT2D eigenvalue weighted by atomic mass is 10.1. The van der Waals surface area contributed by atoms with Crippen LogP contribution in [0.3, 0.4) is 0 Å². The van der Waals surface area contributed by atoms with Crippen molar-refractivity contribution in [1.29, 1.82) is 5.26 Å². The highest BCUT2D eigenvalue weighted by Gasteiger charge is 2.14. The van der Waals surface area contributed by atoms with Crippen molar-refractivity contribution >= 4 is 27.5 Å². The Balaban J connectivity index is 2.35. The summed E-state index contributed by atoms with van der Waals surface area (Å²) in [7, 11) is 1.47. The number of hydrogen-bond acceptors (Lipinski definition) is 4. The van der Waals surface area contributed by atoms with Gasteiger partial charge in [-0.15, -0.1) is 0 Å². The molecule has 0 unspecified atom stereocenters. The van der Waals surface area contributed by atoms with Gasteiger partial charge in [0.2, 0.25) is 0 Å². The number of rotatable bonds is 3. The Morgan fingerprint density at radius 1 is 1.33 bits per heavy atom. The van der Waals surface area contributed by atoms with Gasteiger partial charge < -0.3 is 15.2 Å². The number of ether oxygens (including phenoxy) is 1. The van der Waals surface area contributed by atoms with Gasteiger partial charge in [0, 0.05) is 4.47 Å². The van der Waals surface area contributed by atoms with Crippen molar-refractivity contribution in [2.24, 2.45) is 0 Å². The fraction of sp³-hybridized carbons (Fsp3) is 0.0667. The largest absolute Gasteiger partial charge is 0.507 e. The minimum atomic E-state index is -0.527. The number of aromatic hydroxyl groups is 1. The molecular weight excluding hydrogens is 336 g/mol. The van der Waals surface area contributed by atoms with Crippen molar-refractivity contribution in [2.75, 3.05) is 12.4 Å². The molecule has 6 heteroatoms. The molecule has 0 aliphatic carbocycles. The van der Waals surface area contributed by atoms with E-state index >= 15 is 0 Å². The first-order chi connectivity index (χ1) is 10.0. The van der Waals surface area contributed by atoms with Crippen LogP contribution >= 0.6 is 15.9 Å². The maximum Gasteiger partial charge on any atom is 0.259 e. The highest BCUT2D eigenvalue weighted by atomic mass is 79.9. The molecule has 21 heavy (non-hydrogen) atoms.